The standard InChI is InChI=1S/C13H17NO4S2/c1-10(19-2)9-14-20(17,18)12-5-3-4-11(8-12)6-7-13(15)16/h3-8,10,14H,9H2,1-2H3,(H,15,16)/b7-6+. The first-order valence-electron chi connectivity index (χ1n) is 5.88. The number of rotatable bonds is 7. The monoisotopic (exact) mass is 315 g/mol. The first kappa shape index (κ1) is 16.7. The summed E-state index contributed by atoms with van der Waals surface area (Å²) < 4.78 is 26.7. The van der Waals surface area contributed by atoms with E-state index in [2.05, 4.69) is 4.72 Å². The Kier molecular flexibility index (Phi) is 6.25. The average Bonchev–Trinajstić information content (AvgIpc) is 2.43. The number of aliphatic carboxylic acids is 1. The molecule has 0 saturated heterocycles. The lowest BCUT2D eigenvalue weighted by molar-refractivity contribution is -0.131. The molecular formula is C13H17NO4S2. The molecule has 1 atom stereocenters. The molecule has 20 heavy (non-hydrogen) atoms. The molecule has 1 aromatic rings. The minimum atomic E-state index is -3.57. The summed E-state index contributed by atoms with van der Waals surface area (Å²) in [5, 5.41) is 8.74. The first-order chi connectivity index (χ1) is 9.35. The normalized spacial score (nSPS) is 13.5. The van der Waals surface area contributed by atoms with Gasteiger partial charge in [0, 0.05) is 17.9 Å². The van der Waals surface area contributed by atoms with E-state index in [1.807, 2.05) is 13.2 Å². The van der Waals surface area contributed by atoms with Crippen LogP contribution >= 0.6 is 11.8 Å². The van der Waals surface area contributed by atoms with Crippen LogP contribution in [0.25, 0.3) is 6.08 Å². The molecule has 1 unspecified atom stereocenters. The summed E-state index contributed by atoms with van der Waals surface area (Å²) in [6.45, 7) is 2.28. The number of nitrogens with one attached hydrogen (secondary N) is 1. The van der Waals surface area contributed by atoms with Crippen LogP contribution in [0, 0.1) is 0 Å². The maximum Gasteiger partial charge on any atom is 0.328 e. The summed E-state index contributed by atoms with van der Waals surface area (Å²) in [5.41, 5.74) is 0.521. The molecule has 1 rings (SSSR count). The zero-order valence-electron chi connectivity index (χ0n) is 11.2. The molecule has 110 valence electrons. The van der Waals surface area contributed by atoms with Crippen LogP contribution in [0.15, 0.2) is 35.2 Å². The molecule has 0 amide bonds. The molecule has 7 heteroatoms. The molecule has 0 aliphatic carbocycles. The molecule has 0 aliphatic rings. The number of carboxylic acid groups (broad SMARTS) is 1. The Balaban J connectivity index is 2.90. The highest BCUT2D eigenvalue weighted by molar-refractivity contribution is 7.99. The summed E-state index contributed by atoms with van der Waals surface area (Å²) in [5.74, 6) is -1.08. The van der Waals surface area contributed by atoms with Gasteiger partial charge in [-0.15, -0.1) is 0 Å². The summed E-state index contributed by atoms with van der Waals surface area (Å²) >= 11 is 1.57. The lowest BCUT2D eigenvalue weighted by Gasteiger charge is -2.11. The topological polar surface area (TPSA) is 83.5 Å². The second-order valence-corrected chi connectivity index (χ2v) is 7.19. The molecule has 0 aromatic heterocycles. The molecule has 0 spiro atoms. The summed E-state index contributed by atoms with van der Waals surface area (Å²) in [4.78, 5) is 10.6. The molecule has 0 bridgehead atoms. The zero-order chi connectivity index (χ0) is 15.2. The van der Waals surface area contributed by atoms with Gasteiger partial charge in [0.2, 0.25) is 10.0 Å². The van der Waals surface area contributed by atoms with Crippen LogP contribution in [0.1, 0.15) is 12.5 Å². The van der Waals surface area contributed by atoms with Crippen molar-refractivity contribution in [3.63, 3.8) is 0 Å². The van der Waals surface area contributed by atoms with Crippen LogP contribution < -0.4 is 4.72 Å². The van der Waals surface area contributed by atoms with Gasteiger partial charge in [-0.05, 0) is 30.0 Å². The van der Waals surface area contributed by atoms with E-state index >= 15 is 0 Å². The van der Waals surface area contributed by atoms with Gasteiger partial charge in [-0.25, -0.2) is 17.9 Å². The Bertz CT molecular complexity index is 596. The van der Waals surface area contributed by atoms with Crippen molar-refractivity contribution in [2.45, 2.75) is 17.1 Å². The minimum absolute atomic E-state index is 0.123. The van der Waals surface area contributed by atoms with Crippen molar-refractivity contribution in [3.05, 3.63) is 35.9 Å². The third-order valence-corrected chi connectivity index (χ3v) is 4.94. The van der Waals surface area contributed by atoms with Crippen molar-refractivity contribution >= 4 is 33.8 Å². The summed E-state index contributed by atoms with van der Waals surface area (Å²) in [6.07, 6.45) is 4.23. The molecule has 1 aromatic carbocycles. The highest BCUT2D eigenvalue weighted by atomic mass is 32.2. The van der Waals surface area contributed by atoms with Crippen molar-refractivity contribution in [2.75, 3.05) is 12.8 Å². The molecule has 0 saturated carbocycles. The third-order valence-electron chi connectivity index (χ3n) is 2.55. The smallest absolute Gasteiger partial charge is 0.328 e. The van der Waals surface area contributed by atoms with Gasteiger partial charge in [-0.2, -0.15) is 11.8 Å². The van der Waals surface area contributed by atoms with E-state index in [1.54, 1.807) is 23.9 Å². The van der Waals surface area contributed by atoms with E-state index < -0.39 is 16.0 Å². The molecule has 0 heterocycles. The zero-order valence-corrected chi connectivity index (χ0v) is 12.9. The van der Waals surface area contributed by atoms with Crippen LogP contribution in [0.2, 0.25) is 0 Å². The Morgan fingerprint density at radius 2 is 2.20 bits per heavy atom. The molecule has 2 N–H and O–H groups in total. The number of thioether (sulfide) groups is 1. The fourth-order valence-electron chi connectivity index (χ4n) is 1.35. The molecular weight excluding hydrogens is 298 g/mol. The van der Waals surface area contributed by atoms with Gasteiger partial charge in [-0.1, -0.05) is 19.1 Å². The highest BCUT2D eigenvalue weighted by Gasteiger charge is 2.14. The number of benzene rings is 1. The van der Waals surface area contributed by atoms with Gasteiger partial charge in [0.25, 0.3) is 0 Å². The van der Waals surface area contributed by atoms with Crippen molar-refractivity contribution in [1.29, 1.82) is 0 Å². The Labute approximate surface area is 123 Å². The van der Waals surface area contributed by atoms with Gasteiger partial charge in [-0.3, -0.25) is 0 Å². The van der Waals surface area contributed by atoms with Gasteiger partial charge < -0.3 is 5.11 Å². The number of carboxylic acids is 1. The fraction of sp³-hybridized carbons (Fsp3) is 0.308. The van der Waals surface area contributed by atoms with Gasteiger partial charge in [0.1, 0.15) is 0 Å². The second kappa shape index (κ2) is 7.47. The number of hydrogen-bond donors (Lipinski definition) is 2. The summed E-state index contributed by atoms with van der Waals surface area (Å²) in [6, 6.07) is 6.13. The van der Waals surface area contributed by atoms with Crippen LogP contribution in [-0.4, -0.2) is 37.5 Å². The Morgan fingerprint density at radius 3 is 2.80 bits per heavy atom. The summed E-state index contributed by atoms with van der Waals surface area (Å²) in [7, 11) is -3.57. The molecule has 0 aliphatic heterocycles. The SMILES string of the molecule is CSC(C)CNS(=O)(=O)c1cccc(/C=C/C(=O)O)c1. The lowest BCUT2D eigenvalue weighted by atomic mass is 10.2. The van der Waals surface area contributed by atoms with Crippen LogP contribution in [-0.2, 0) is 14.8 Å². The van der Waals surface area contributed by atoms with E-state index in [1.165, 1.54) is 18.2 Å². The Morgan fingerprint density at radius 1 is 1.50 bits per heavy atom. The largest absolute Gasteiger partial charge is 0.478 e. The predicted octanol–water partition coefficient (Wildman–Crippen LogP) is 1.81. The van der Waals surface area contributed by atoms with Gasteiger partial charge in [0.05, 0.1) is 4.90 Å². The third kappa shape index (κ3) is 5.36. The van der Waals surface area contributed by atoms with E-state index in [4.69, 9.17) is 5.11 Å². The maximum atomic E-state index is 12.1. The first-order valence-corrected chi connectivity index (χ1v) is 8.66. The highest BCUT2D eigenvalue weighted by Crippen LogP contribution is 2.13. The predicted molar refractivity (Wildman–Crippen MR) is 81.3 cm³/mol. The fourth-order valence-corrected chi connectivity index (χ4v) is 2.89. The van der Waals surface area contributed by atoms with Crippen LogP contribution in [0.3, 0.4) is 0 Å². The lowest BCUT2D eigenvalue weighted by Crippen LogP contribution is -2.29. The van der Waals surface area contributed by atoms with E-state index in [9.17, 15) is 13.2 Å². The van der Waals surface area contributed by atoms with Crippen LogP contribution in [0.5, 0.6) is 0 Å². The van der Waals surface area contributed by atoms with Crippen molar-refractivity contribution in [2.24, 2.45) is 0 Å². The molecule has 0 fully saturated rings. The van der Waals surface area contributed by atoms with Crippen molar-refractivity contribution in [3.8, 4) is 0 Å². The number of carbonyl (C=O) groups is 1. The minimum Gasteiger partial charge on any atom is -0.478 e. The van der Waals surface area contributed by atoms with E-state index in [-0.39, 0.29) is 10.1 Å². The van der Waals surface area contributed by atoms with Crippen molar-refractivity contribution < 1.29 is 18.3 Å². The quantitative estimate of drug-likeness (QED) is 0.750. The number of sulfonamides is 1. The van der Waals surface area contributed by atoms with Gasteiger partial charge >= 0.3 is 5.97 Å². The van der Waals surface area contributed by atoms with Crippen LogP contribution in [0.4, 0.5) is 0 Å². The molecule has 0 radical (unpaired) electrons. The van der Waals surface area contributed by atoms with E-state index in [0.29, 0.717) is 12.1 Å². The van der Waals surface area contributed by atoms with E-state index in [0.717, 1.165) is 6.08 Å². The average molecular weight is 315 g/mol. The Hall–Kier alpha value is -1.31. The number of hydrogen-bond acceptors (Lipinski definition) is 4. The van der Waals surface area contributed by atoms with Crippen molar-refractivity contribution in [1.82, 2.24) is 4.72 Å². The maximum absolute atomic E-state index is 12.1. The second-order valence-electron chi connectivity index (χ2n) is 4.14. The molecule has 5 nitrogen and oxygen atoms in total. The van der Waals surface area contributed by atoms with Gasteiger partial charge in [0.15, 0.2) is 0 Å².